The van der Waals surface area contributed by atoms with Gasteiger partial charge in [-0.15, -0.1) is 0 Å². The van der Waals surface area contributed by atoms with E-state index in [2.05, 4.69) is 4.90 Å². The second-order valence-electron chi connectivity index (χ2n) is 5.74. The summed E-state index contributed by atoms with van der Waals surface area (Å²) in [6.45, 7) is 2.73. The molecule has 0 aliphatic carbocycles. The number of nitrogens with zero attached hydrogens (tertiary/aromatic N) is 2. The van der Waals surface area contributed by atoms with E-state index in [0.29, 0.717) is 18.2 Å². The molecule has 3 rings (SSSR count). The number of nitro benzene ring substituents is 1. The fourth-order valence-electron chi connectivity index (χ4n) is 2.61. The van der Waals surface area contributed by atoms with E-state index in [1.54, 1.807) is 24.3 Å². The second kappa shape index (κ2) is 8.43. The van der Waals surface area contributed by atoms with Gasteiger partial charge in [0.15, 0.2) is 0 Å². The standard InChI is InChI=1S/C18H15ClN2O5S/c19-13-3-6-15(16(11-13)21(23)24)18(22)26-14-4-1-12(2-5-14)17(27)20-7-9-25-10-8-20/h1-6,11H,7-10H2. The highest BCUT2D eigenvalue weighted by molar-refractivity contribution is 7.80. The third-order valence-electron chi connectivity index (χ3n) is 3.99. The minimum absolute atomic E-state index is 0.166. The molecule has 0 aromatic heterocycles. The molecule has 2 aromatic rings. The lowest BCUT2D eigenvalue weighted by Gasteiger charge is -2.29. The Hall–Kier alpha value is -2.55. The van der Waals surface area contributed by atoms with Crippen molar-refractivity contribution < 1.29 is 19.2 Å². The highest BCUT2D eigenvalue weighted by Crippen LogP contribution is 2.25. The van der Waals surface area contributed by atoms with Crippen molar-refractivity contribution in [3.05, 3.63) is 68.7 Å². The minimum atomic E-state index is -0.832. The number of morpholine rings is 1. The molecule has 9 heteroatoms. The predicted molar refractivity (Wildman–Crippen MR) is 104 cm³/mol. The molecule has 0 amide bonds. The van der Waals surface area contributed by atoms with Crippen LogP contribution in [0.25, 0.3) is 0 Å². The van der Waals surface area contributed by atoms with E-state index >= 15 is 0 Å². The summed E-state index contributed by atoms with van der Waals surface area (Å²) in [5.41, 5.74) is 0.249. The highest BCUT2D eigenvalue weighted by atomic mass is 35.5. The van der Waals surface area contributed by atoms with Gasteiger partial charge in [0.1, 0.15) is 16.3 Å². The van der Waals surface area contributed by atoms with Crippen LogP contribution in [0.1, 0.15) is 15.9 Å². The van der Waals surface area contributed by atoms with Gasteiger partial charge in [-0.25, -0.2) is 4.79 Å². The van der Waals surface area contributed by atoms with Crippen molar-refractivity contribution >= 4 is 40.5 Å². The molecule has 1 fully saturated rings. The number of halogens is 1. The molecule has 0 N–H and O–H groups in total. The number of hydrogen-bond donors (Lipinski definition) is 0. The van der Waals surface area contributed by atoms with Gasteiger partial charge in [-0.2, -0.15) is 0 Å². The number of carbonyl (C=O) groups excluding carboxylic acids is 1. The Bertz CT molecular complexity index is 882. The lowest BCUT2D eigenvalue weighted by molar-refractivity contribution is -0.385. The van der Waals surface area contributed by atoms with Crippen molar-refractivity contribution in [1.82, 2.24) is 4.90 Å². The zero-order valence-electron chi connectivity index (χ0n) is 14.1. The molecule has 1 aliphatic rings. The Morgan fingerprint density at radius 2 is 1.85 bits per heavy atom. The first kappa shape index (κ1) is 19.2. The first-order chi connectivity index (χ1) is 13.0. The molecule has 1 aliphatic heterocycles. The first-order valence-electron chi connectivity index (χ1n) is 8.09. The minimum Gasteiger partial charge on any atom is -0.423 e. The Kier molecular flexibility index (Phi) is 6.00. The molecule has 140 valence electrons. The number of carbonyl (C=O) groups is 1. The normalized spacial score (nSPS) is 13.9. The Morgan fingerprint density at radius 3 is 2.48 bits per heavy atom. The maximum atomic E-state index is 12.3. The summed E-state index contributed by atoms with van der Waals surface area (Å²) >= 11 is 11.2. The number of rotatable bonds is 4. The molecule has 0 spiro atoms. The van der Waals surface area contributed by atoms with Crippen molar-refractivity contribution in [2.24, 2.45) is 0 Å². The summed E-state index contributed by atoms with van der Waals surface area (Å²) in [5.74, 6) is -0.570. The van der Waals surface area contributed by atoms with Gasteiger partial charge in [-0.05, 0) is 36.4 Å². The molecule has 0 saturated carbocycles. The van der Waals surface area contributed by atoms with Crippen LogP contribution in [-0.2, 0) is 4.74 Å². The number of nitro groups is 1. The summed E-state index contributed by atoms with van der Waals surface area (Å²) in [6, 6.07) is 10.5. The monoisotopic (exact) mass is 406 g/mol. The number of hydrogen-bond acceptors (Lipinski definition) is 6. The van der Waals surface area contributed by atoms with Crippen LogP contribution in [-0.4, -0.2) is 47.1 Å². The Morgan fingerprint density at radius 1 is 1.19 bits per heavy atom. The lowest BCUT2D eigenvalue weighted by Crippen LogP contribution is -2.40. The van der Waals surface area contributed by atoms with Crippen LogP contribution in [0.5, 0.6) is 5.75 Å². The van der Waals surface area contributed by atoms with Crippen molar-refractivity contribution in [1.29, 1.82) is 0 Å². The summed E-state index contributed by atoms with van der Waals surface area (Å²) in [5, 5.41) is 11.3. The Balaban J connectivity index is 1.72. The molecule has 0 atom stereocenters. The molecule has 0 bridgehead atoms. The zero-order chi connectivity index (χ0) is 19.4. The van der Waals surface area contributed by atoms with Crippen LogP contribution in [0.4, 0.5) is 5.69 Å². The maximum Gasteiger partial charge on any atom is 0.350 e. The fourth-order valence-corrected chi connectivity index (χ4v) is 3.09. The topological polar surface area (TPSA) is 81.9 Å². The quantitative estimate of drug-likeness (QED) is 0.253. The summed E-state index contributed by atoms with van der Waals surface area (Å²) < 4.78 is 10.6. The SMILES string of the molecule is O=C(Oc1ccc(C(=S)N2CCOCC2)cc1)c1ccc(Cl)cc1[N+](=O)[O-]. The molecule has 1 saturated heterocycles. The van der Waals surface area contributed by atoms with Crippen molar-refractivity contribution in [3.63, 3.8) is 0 Å². The van der Waals surface area contributed by atoms with Crippen LogP contribution >= 0.6 is 23.8 Å². The largest absolute Gasteiger partial charge is 0.423 e. The number of ether oxygens (including phenoxy) is 2. The van der Waals surface area contributed by atoms with Gasteiger partial charge in [0.25, 0.3) is 5.69 Å². The van der Waals surface area contributed by atoms with Gasteiger partial charge < -0.3 is 14.4 Å². The lowest BCUT2D eigenvalue weighted by atomic mass is 10.1. The number of thiocarbonyl (C=S) groups is 1. The van der Waals surface area contributed by atoms with Gasteiger partial charge in [-0.3, -0.25) is 10.1 Å². The van der Waals surface area contributed by atoms with E-state index in [1.165, 1.54) is 12.1 Å². The van der Waals surface area contributed by atoms with Gasteiger partial charge in [0, 0.05) is 29.7 Å². The third kappa shape index (κ3) is 4.60. The average molecular weight is 407 g/mol. The van der Waals surface area contributed by atoms with Crippen LogP contribution in [0.2, 0.25) is 5.02 Å². The van der Waals surface area contributed by atoms with Gasteiger partial charge in [-0.1, -0.05) is 23.8 Å². The van der Waals surface area contributed by atoms with Gasteiger partial charge in [0.2, 0.25) is 0 Å². The third-order valence-corrected chi connectivity index (χ3v) is 4.72. The van der Waals surface area contributed by atoms with E-state index < -0.39 is 16.6 Å². The molecular formula is C18H15ClN2O5S. The van der Waals surface area contributed by atoms with Crippen LogP contribution in [0.3, 0.4) is 0 Å². The second-order valence-corrected chi connectivity index (χ2v) is 6.56. The van der Waals surface area contributed by atoms with E-state index in [0.717, 1.165) is 24.7 Å². The molecule has 27 heavy (non-hydrogen) atoms. The summed E-state index contributed by atoms with van der Waals surface area (Å²) in [4.78, 5) is 25.5. The molecular weight excluding hydrogens is 392 g/mol. The molecule has 2 aromatic carbocycles. The summed E-state index contributed by atoms with van der Waals surface area (Å²) in [7, 11) is 0. The first-order valence-corrected chi connectivity index (χ1v) is 8.87. The fraction of sp³-hybridized carbons (Fsp3) is 0.222. The van der Waals surface area contributed by atoms with E-state index in [9.17, 15) is 14.9 Å². The molecule has 0 radical (unpaired) electrons. The van der Waals surface area contributed by atoms with Crippen LogP contribution < -0.4 is 4.74 Å². The van der Waals surface area contributed by atoms with E-state index in [1.807, 2.05) is 0 Å². The zero-order valence-corrected chi connectivity index (χ0v) is 15.7. The van der Waals surface area contributed by atoms with E-state index in [4.69, 9.17) is 33.3 Å². The smallest absolute Gasteiger partial charge is 0.350 e. The Labute approximate surface area is 165 Å². The maximum absolute atomic E-state index is 12.3. The number of esters is 1. The van der Waals surface area contributed by atoms with Crippen LogP contribution in [0, 0.1) is 10.1 Å². The van der Waals surface area contributed by atoms with E-state index in [-0.39, 0.29) is 16.3 Å². The summed E-state index contributed by atoms with van der Waals surface area (Å²) in [6.07, 6.45) is 0. The van der Waals surface area contributed by atoms with Gasteiger partial charge >= 0.3 is 5.97 Å². The van der Waals surface area contributed by atoms with Crippen molar-refractivity contribution in [2.75, 3.05) is 26.3 Å². The molecule has 1 heterocycles. The number of benzene rings is 2. The van der Waals surface area contributed by atoms with Crippen molar-refractivity contribution in [2.45, 2.75) is 0 Å². The predicted octanol–water partition coefficient (Wildman–Crippen LogP) is 3.48. The molecule has 7 nitrogen and oxygen atoms in total. The molecule has 0 unspecified atom stereocenters. The van der Waals surface area contributed by atoms with Crippen LogP contribution in [0.15, 0.2) is 42.5 Å². The van der Waals surface area contributed by atoms with Crippen molar-refractivity contribution in [3.8, 4) is 5.75 Å². The van der Waals surface area contributed by atoms with Gasteiger partial charge in [0.05, 0.1) is 18.1 Å². The highest BCUT2D eigenvalue weighted by Gasteiger charge is 2.22. The average Bonchev–Trinajstić information content (AvgIpc) is 2.68.